The second kappa shape index (κ2) is 9.23. The zero-order valence-electron chi connectivity index (χ0n) is 18.5. The van der Waals surface area contributed by atoms with Crippen LogP contribution >= 0.6 is 0 Å². The summed E-state index contributed by atoms with van der Waals surface area (Å²) in [5.41, 5.74) is 0.649. The molecule has 1 aromatic carbocycles. The first-order valence-electron chi connectivity index (χ1n) is 10.0. The van der Waals surface area contributed by atoms with Crippen molar-refractivity contribution in [2.24, 2.45) is 5.92 Å². The number of hydrogen-bond donors (Lipinski definition) is 0. The molecule has 0 saturated carbocycles. The van der Waals surface area contributed by atoms with Gasteiger partial charge < -0.3 is 28.7 Å². The molecule has 0 amide bonds. The molecule has 1 aliphatic rings. The molecule has 1 fully saturated rings. The number of anilines is 2. The van der Waals surface area contributed by atoms with Crippen molar-refractivity contribution in [1.82, 2.24) is 9.97 Å². The second-order valence-corrected chi connectivity index (χ2v) is 7.30. The standard InChI is InChI=1S/C21H30N4O5/c1-7-30-20(26)13-8-10-25(11-9-13)21-22-16-14(19(23-21)24(2)3)12-15(27-4)17(28-5)18(16)29-6/h12-13H,7-11H2,1-6H3. The first-order valence-corrected chi connectivity index (χ1v) is 10.0. The fourth-order valence-electron chi connectivity index (χ4n) is 3.76. The number of rotatable bonds is 7. The van der Waals surface area contributed by atoms with E-state index < -0.39 is 0 Å². The van der Waals surface area contributed by atoms with Crippen LogP contribution in [0.2, 0.25) is 0 Å². The van der Waals surface area contributed by atoms with Gasteiger partial charge in [-0.2, -0.15) is 4.98 Å². The number of esters is 1. The van der Waals surface area contributed by atoms with E-state index in [4.69, 9.17) is 28.9 Å². The predicted molar refractivity (Wildman–Crippen MR) is 115 cm³/mol. The molecule has 0 radical (unpaired) electrons. The van der Waals surface area contributed by atoms with Crippen molar-refractivity contribution in [3.63, 3.8) is 0 Å². The van der Waals surface area contributed by atoms with Crippen LogP contribution in [-0.4, -0.2) is 71.1 Å². The largest absolute Gasteiger partial charge is 0.493 e. The Bertz CT molecular complexity index is 910. The Hall–Kier alpha value is -2.97. The highest BCUT2D eigenvalue weighted by molar-refractivity contribution is 5.98. The fraction of sp³-hybridized carbons (Fsp3) is 0.571. The quantitative estimate of drug-likeness (QED) is 0.630. The van der Waals surface area contributed by atoms with Crippen LogP contribution in [0.1, 0.15) is 19.8 Å². The van der Waals surface area contributed by atoms with Crippen LogP contribution in [-0.2, 0) is 9.53 Å². The molecule has 0 bridgehead atoms. The van der Waals surface area contributed by atoms with Crippen LogP contribution in [0.25, 0.3) is 10.9 Å². The summed E-state index contributed by atoms with van der Waals surface area (Å²) >= 11 is 0. The Morgan fingerprint density at radius 2 is 1.77 bits per heavy atom. The summed E-state index contributed by atoms with van der Waals surface area (Å²) in [4.78, 5) is 25.7. The van der Waals surface area contributed by atoms with Gasteiger partial charge in [-0.15, -0.1) is 0 Å². The van der Waals surface area contributed by atoms with E-state index in [1.807, 2.05) is 32.0 Å². The summed E-state index contributed by atoms with van der Waals surface area (Å²) in [6.45, 7) is 3.59. The minimum absolute atomic E-state index is 0.0751. The van der Waals surface area contributed by atoms with Gasteiger partial charge >= 0.3 is 5.97 Å². The van der Waals surface area contributed by atoms with E-state index in [9.17, 15) is 4.79 Å². The Kier molecular flexibility index (Phi) is 6.69. The lowest BCUT2D eigenvalue weighted by atomic mass is 9.97. The molecule has 1 aliphatic heterocycles. The van der Waals surface area contributed by atoms with Gasteiger partial charge in [0, 0.05) is 27.2 Å². The normalized spacial score (nSPS) is 14.5. The minimum Gasteiger partial charge on any atom is -0.493 e. The summed E-state index contributed by atoms with van der Waals surface area (Å²) in [6.07, 6.45) is 1.42. The number of aromatic nitrogens is 2. The molecule has 9 heteroatoms. The van der Waals surface area contributed by atoms with Crippen molar-refractivity contribution < 1.29 is 23.7 Å². The highest BCUT2D eigenvalue weighted by atomic mass is 16.5. The Labute approximate surface area is 176 Å². The molecule has 0 atom stereocenters. The van der Waals surface area contributed by atoms with Crippen LogP contribution in [0.5, 0.6) is 17.2 Å². The third-order valence-corrected chi connectivity index (χ3v) is 5.28. The number of carbonyl (C=O) groups excluding carboxylic acids is 1. The predicted octanol–water partition coefficient (Wildman–Crippen LogP) is 2.50. The van der Waals surface area contributed by atoms with Gasteiger partial charge in [-0.3, -0.25) is 4.79 Å². The van der Waals surface area contributed by atoms with Crippen molar-refractivity contribution in [2.45, 2.75) is 19.8 Å². The second-order valence-electron chi connectivity index (χ2n) is 7.30. The minimum atomic E-state index is -0.121. The summed E-state index contributed by atoms with van der Waals surface area (Å²) in [7, 11) is 8.60. The third-order valence-electron chi connectivity index (χ3n) is 5.28. The van der Waals surface area contributed by atoms with Gasteiger partial charge in [0.25, 0.3) is 0 Å². The highest BCUT2D eigenvalue weighted by Crippen LogP contribution is 2.45. The summed E-state index contributed by atoms with van der Waals surface area (Å²) in [6, 6.07) is 1.86. The number of methoxy groups -OCH3 is 3. The number of ether oxygens (including phenoxy) is 4. The lowest BCUT2D eigenvalue weighted by Gasteiger charge is -2.31. The first kappa shape index (κ1) is 21.7. The van der Waals surface area contributed by atoms with Crippen molar-refractivity contribution in [2.75, 3.05) is 64.9 Å². The van der Waals surface area contributed by atoms with Crippen molar-refractivity contribution >= 4 is 28.6 Å². The molecule has 0 N–H and O–H groups in total. The number of hydrogen-bond acceptors (Lipinski definition) is 9. The highest BCUT2D eigenvalue weighted by Gasteiger charge is 2.29. The topological polar surface area (TPSA) is 86.3 Å². The zero-order valence-corrected chi connectivity index (χ0v) is 18.5. The average Bonchev–Trinajstić information content (AvgIpc) is 2.76. The van der Waals surface area contributed by atoms with Crippen molar-refractivity contribution in [1.29, 1.82) is 0 Å². The zero-order chi connectivity index (χ0) is 21.8. The van der Waals surface area contributed by atoms with E-state index in [0.29, 0.717) is 61.3 Å². The monoisotopic (exact) mass is 418 g/mol. The van der Waals surface area contributed by atoms with Crippen molar-refractivity contribution in [3.8, 4) is 17.2 Å². The average molecular weight is 418 g/mol. The van der Waals surface area contributed by atoms with E-state index in [1.54, 1.807) is 21.3 Å². The number of carbonyl (C=O) groups is 1. The Balaban J connectivity index is 2.04. The van der Waals surface area contributed by atoms with Crippen LogP contribution < -0.4 is 24.0 Å². The van der Waals surface area contributed by atoms with E-state index in [1.165, 1.54) is 0 Å². The molecule has 3 rings (SSSR count). The lowest BCUT2D eigenvalue weighted by Crippen LogP contribution is -2.38. The Morgan fingerprint density at radius 3 is 2.30 bits per heavy atom. The molecule has 164 valence electrons. The van der Waals surface area contributed by atoms with Crippen LogP contribution in [0.4, 0.5) is 11.8 Å². The van der Waals surface area contributed by atoms with Gasteiger partial charge in [0.2, 0.25) is 11.7 Å². The molecule has 9 nitrogen and oxygen atoms in total. The Morgan fingerprint density at radius 1 is 1.10 bits per heavy atom. The van der Waals surface area contributed by atoms with Gasteiger partial charge in [0.05, 0.1) is 39.2 Å². The van der Waals surface area contributed by atoms with Crippen LogP contribution in [0.3, 0.4) is 0 Å². The number of fused-ring (bicyclic) bond motifs is 1. The molecule has 1 saturated heterocycles. The third kappa shape index (κ3) is 4.01. The van der Waals surface area contributed by atoms with Gasteiger partial charge in [0.1, 0.15) is 11.3 Å². The molecular weight excluding hydrogens is 388 g/mol. The molecule has 0 aliphatic carbocycles. The SMILES string of the molecule is CCOC(=O)C1CCN(c2nc(N(C)C)c3cc(OC)c(OC)c(OC)c3n2)CC1. The molecule has 0 unspecified atom stereocenters. The number of nitrogens with zero attached hydrogens (tertiary/aromatic N) is 4. The van der Waals surface area contributed by atoms with Crippen LogP contribution in [0.15, 0.2) is 6.07 Å². The van der Waals surface area contributed by atoms with Gasteiger partial charge in [0.15, 0.2) is 11.5 Å². The van der Waals surface area contributed by atoms with E-state index in [2.05, 4.69) is 4.90 Å². The molecule has 2 aromatic rings. The summed E-state index contributed by atoms with van der Waals surface area (Å²) in [5.74, 6) is 2.69. The maximum absolute atomic E-state index is 12.1. The lowest BCUT2D eigenvalue weighted by molar-refractivity contribution is -0.148. The van der Waals surface area contributed by atoms with Crippen LogP contribution in [0, 0.1) is 5.92 Å². The maximum atomic E-state index is 12.1. The van der Waals surface area contributed by atoms with Crippen molar-refractivity contribution in [3.05, 3.63) is 6.07 Å². The number of piperidine rings is 1. The molecule has 0 spiro atoms. The van der Waals surface area contributed by atoms with Gasteiger partial charge in [-0.1, -0.05) is 0 Å². The van der Waals surface area contributed by atoms with E-state index in [-0.39, 0.29) is 11.9 Å². The smallest absolute Gasteiger partial charge is 0.309 e. The van der Waals surface area contributed by atoms with Gasteiger partial charge in [-0.05, 0) is 25.8 Å². The molecule has 2 heterocycles. The van der Waals surface area contributed by atoms with Gasteiger partial charge in [-0.25, -0.2) is 4.98 Å². The molecular formula is C21H30N4O5. The number of benzene rings is 1. The maximum Gasteiger partial charge on any atom is 0.309 e. The molecule has 30 heavy (non-hydrogen) atoms. The molecule has 1 aromatic heterocycles. The fourth-order valence-corrected chi connectivity index (χ4v) is 3.76. The summed E-state index contributed by atoms with van der Waals surface area (Å²) < 4.78 is 21.8. The first-order chi connectivity index (χ1) is 14.4. The van der Waals surface area contributed by atoms with E-state index >= 15 is 0 Å². The summed E-state index contributed by atoms with van der Waals surface area (Å²) in [5, 5.41) is 0.805. The van der Waals surface area contributed by atoms with E-state index in [0.717, 1.165) is 11.2 Å².